The maximum Gasteiger partial charge on any atom is 0.344 e. The first-order chi connectivity index (χ1) is 32.8. The van der Waals surface area contributed by atoms with Gasteiger partial charge in [0.15, 0.2) is 11.9 Å². The van der Waals surface area contributed by atoms with E-state index >= 15 is 0 Å². The van der Waals surface area contributed by atoms with E-state index in [1.54, 1.807) is 72.8 Å². The fraction of sp³-hybridized carbons (Fsp3) is 0.137. The van der Waals surface area contributed by atoms with Gasteiger partial charge in [0.2, 0.25) is 0 Å². The Labute approximate surface area is 406 Å². The molecule has 6 aromatic carbocycles. The Morgan fingerprint density at radius 2 is 1.23 bits per heavy atom. The summed E-state index contributed by atoms with van der Waals surface area (Å²) in [6, 6.07) is 42.0. The Morgan fingerprint density at radius 3 is 1.77 bits per heavy atom. The number of carbonyl (C=O) groups is 6. The van der Waals surface area contributed by atoms with Crippen molar-refractivity contribution >= 4 is 70.6 Å². The second-order valence-electron chi connectivity index (χ2n) is 14.0. The number of carboxylic acid groups (broad SMARTS) is 5. The highest BCUT2D eigenvalue weighted by Crippen LogP contribution is 2.23. The molecule has 0 aliphatic rings. The highest BCUT2D eigenvalue weighted by Gasteiger charge is 2.12. The number of carbonyl (C=O) groups excluding carboxylic acids is 1. The largest absolute Gasteiger partial charge is 0.508 e. The minimum atomic E-state index is -1.02. The fourth-order valence-corrected chi connectivity index (χ4v) is 5.64. The number of carboxylic acids is 5. The van der Waals surface area contributed by atoms with Crippen molar-refractivity contribution in [2.45, 2.75) is 45.1 Å². The number of phenolic OH excluding ortho intramolecular Hbond substituents is 1. The molecule has 1 unspecified atom stereocenters. The van der Waals surface area contributed by atoms with Crippen molar-refractivity contribution in [2.75, 3.05) is 0 Å². The molecule has 6 aromatic rings. The van der Waals surface area contributed by atoms with Gasteiger partial charge in [-0.05, 0) is 109 Å². The second kappa shape index (κ2) is 30.8. The molecular weight excluding hydrogens is 937 g/mol. The lowest BCUT2D eigenvalue weighted by molar-refractivity contribution is -0.384. The molecule has 16 nitrogen and oxygen atoms in total. The maximum absolute atomic E-state index is 11.4. The van der Waals surface area contributed by atoms with Crippen LogP contribution in [0.5, 0.6) is 11.5 Å². The average Bonchev–Trinajstić information content (AvgIpc) is 3.32. The van der Waals surface area contributed by atoms with Gasteiger partial charge in [-0.25, -0.2) is 14.4 Å². The number of nitro groups is 1. The molecule has 0 bridgehead atoms. The number of rotatable bonds is 16. The number of phenols is 1. The van der Waals surface area contributed by atoms with E-state index in [1.807, 2.05) is 42.5 Å². The molecule has 1 atom stereocenters. The monoisotopic (exact) mass is 983 g/mol. The molecule has 360 valence electrons. The summed E-state index contributed by atoms with van der Waals surface area (Å²) in [5.41, 5.74) is 4.20. The Kier molecular flexibility index (Phi) is 25.3. The lowest BCUT2D eigenvalue weighted by Crippen LogP contribution is -2.22. The van der Waals surface area contributed by atoms with Gasteiger partial charge in [0.1, 0.15) is 11.5 Å². The van der Waals surface area contributed by atoms with E-state index < -0.39 is 40.9 Å². The van der Waals surface area contributed by atoms with Crippen LogP contribution in [0, 0.1) is 10.1 Å². The number of aromatic hydroxyl groups is 1. The standard InChI is InChI=1S/C13H10O2.C10H9ClO3.C10H11NO4.C9H7ClO2.C9H10O4/c14-13(15)12-9-5-4-8-11(12)10-6-2-1-3-7-10;11-8-3-1-7(2-4-8)9(12)5-6-10(13)14;12-10(13)3-1-2-8-4-6-9(7-5-8)11(14)15;10-8-4-2-1-3-7(8)5-6-9(11)12;1-6(9(11)12)13-8-4-2-7(10)3-5-8/h1-9H,(H,14,15);1-4H,5-6H2,(H,13,14);4-7H,1-3H2,(H,12,13);1-6H,(H,11,12);2-6,10H,1H3,(H,11,12)/b;;;6-5+;. The van der Waals surface area contributed by atoms with Crippen LogP contribution >= 0.6 is 23.2 Å². The third-order valence-electron chi connectivity index (χ3n) is 8.79. The van der Waals surface area contributed by atoms with Crippen molar-refractivity contribution in [1.29, 1.82) is 0 Å². The normalized spacial score (nSPS) is 10.4. The van der Waals surface area contributed by atoms with E-state index in [2.05, 4.69) is 0 Å². The van der Waals surface area contributed by atoms with E-state index in [4.69, 9.17) is 58.6 Å². The molecule has 0 saturated carbocycles. The molecule has 6 rings (SSSR count). The van der Waals surface area contributed by atoms with Crippen molar-refractivity contribution in [3.63, 3.8) is 0 Å². The quantitative estimate of drug-likeness (QED) is 0.0228. The van der Waals surface area contributed by atoms with E-state index in [0.29, 0.717) is 45.3 Å². The molecule has 0 aliphatic heterocycles. The zero-order valence-electron chi connectivity index (χ0n) is 36.8. The Bertz CT molecular complexity index is 2640. The number of aromatic carboxylic acids is 1. The first kappa shape index (κ1) is 56.8. The van der Waals surface area contributed by atoms with Gasteiger partial charge >= 0.3 is 29.8 Å². The van der Waals surface area contributed by atoms with Crippen LogP contribution in [-0.4, -0.2) is 77.3 Å². The summed E-state index contributed by atoms with van der Waals surface area (Å²) in [5, 5.41) is 63.1. The molecule has 0 radical (unpaired) electrons. The second-order valence-corrected chi connectivity index (χ2v) is 14.8. The van der Waals surface area contributed by atoms with Crippen LogP contribution in [0.2, 0.25) is 10.0 Å². The highest BCUT2D eigenvalue weighted by molar-refractivity contribution is 6.32. The van der Waals surface area contributed by atoms with Gasteiger partial charge in [-0.1, -0.05) is 102 Å². The lowest BCUT2D eigenvalue weighted by atomic mass is 10.00. The number of hydrogen-bond donors (Lipinski definition) is 6. The summed E-state index contributed by atoms with van der Waals surface area (Å²) in [6.45, 7) is 1.44. The highest BCUT2D eigenvalue weighted by atomic mass is 35.5. The fourth-order valence-electron chi connectivity index (χ4n) is 5.32. The first-order valence-electron chi connectivity index (χ1n) is 20.4. The molecule has 0 spiro atoms. The van der Waals surface area contributed by atoms with Crippen LogP contribution in [0.25, 0.3) is 17.2 Å². The average molecular weight is 985 g/mol. The van der Waals surface area contributed by atoms with Gasteiger partial charge in [-0.2, -0.15) is 0 Å². The minimum absolute atomic E-state index is 0.0248. The first-order valence-corrected chi connectivity index (χ1v) is 21.2. The number of hydrogen-bond acceptors (Lipinski definition) is 10. The number of nitrogens with zero attached hydrogens (tertiary/aromatic N) is 1. The molecule has 18 heteroatoms. The predicted molar refractivity (Wildman–Crippen MR) is 259 cm³/mol. The number of Topliss-reactive ketones (excluding diaryl/α,β-unsaturated/α-hetero) is 1. The van der Waals surface area contributed by atoms with Crippen molar-refractivity contribution < 1.29 is 69.1 Å². The SMILES string of the molecule is CC(Oc1ccc(O)cc1)C(=O)O.O=C(O)/C=C/c1ccccc1Cl.O=C(O)CCC(=O)c1ccc(Cl)cc1.O=C(O)CCCc1ccc([N+](=O)[O-])cc1.O=C(O)c1ccccc1-c1ccccc1. The predicted octanol–water partition coefficient (Wildman–Crippen LogP) is 11.1. The Balaban J connectivity index is 0.000000297. The van der Waals surface area contributed by atoms with Crippen LogP contribution in [0.15, 0.2) is 158 Å². The van der Waals surface area contributed by atoms with E-state index in [1.165, 1.54) is 49.4 Å². The van der Waals surface area contributed by atoms with E-state index in [-0.39, 0.29) is 36.5 Å². The lowest BCUT2D eigenvalue weighted by Gasteiger charge is -2.09. The van der Waals surface area contributed by atoms with Gasteiger partial charge in [-0.15, -0.1) is 0 Å². The molecule has 0 aliphatic carbocycles. The van der Waals surface area contributed by atoms with E-state index in [9.17, 15) is 38.9 Å². The van der Waals surface area contributed by atoms with Crippen molar-refractivity contribution in [2.24, 2.45) is 0 Å². The van der Waals surface area contributed by atoms with Crippen LogP contribution < -0.4 is 4.74 Å². The number of nitro benzene ring substituents is 1. The maximum atomic E-state index is 11.4. The third-order valence-corrected chi connectivity index (χ3v) is 9.38. The molecular formula is C51H47Cl2NO15. The van der Waals surface area contributed by atoms with Crippen LogP contribution in [0.3, 0.4) is 0 Å². The van der Waals surface area contributed by atoms with Gasteiger partial charge < -0.3 is 35.4 Å². The number of halogens is 2. The van der Waals surface area contributed by atoms with Gasteiger partial charge in [0.25, 0.3) is 5.69 Å². The summed E-state index contributed by atoms with van der Waals surface area (Å²) in [5.74, 6) is -4.31. The smallest absolute Gasteiger partial charge is 0.344 e. The number of ketones is 1. The van der Waals surface area contributed by atoms with Crippen molar-refractivity contribution in [3.05, 3.63) is 200 Å². The number of benzene rings is 6. The van der Waals surface area contributed by atoms with Crippen molar-refractivity contribution in [1.82, 2.24) is 0 Å². The molecule has 0 fully saturated rings. The molecule has 0 aromatic heterocycles. The summed E-state index contributed by atoms with van der Waals surface area (Å²) < 4.78 is 5.02. The molecule has 0 saturated heterocycles. The molecule has 0 amide bonds. The Morgan fingerprint density at radius 1 is 0.667 bits per heavy atom. The van der Waals surface area contributed by atoms with E-state index in [0.717, 1.165) is 22.8 Å². The number of aryl methyl sites for hydroxylation is 1. The topological polar surface area (TPSA) is 276 Å². The number of aliphatic carboxylic acids is 4. The van der Waals surface area contributed by atoms with Crippen LogP contribution in [0.1, 0.15) is 64.4 Å². The van der Waals surface area contributed by atoms with Gasteiger partial charge in [-0.3, -0.25) is 24.5 Å². The summed E-state index contributed by atoms with van der Waals surface area (Å²) in [6.07, 6.45) is 2.82. The number of non-ortho nitro benzene ring substituents is 1. The molecule has 6 N–H and O–H groups in total. The molecule has 0 heterocycles. The van der Waals surface area contributed by atoms with Crippen LogP contribution in [0.4, 0.5) is 5.69 Å². The minimum Gasteiger partial charge on any atom is -0.508 e. The van der Waals surface area contributed by atoms with Gasteiger partial charge in [0.05, 0.1) is 16.9 Å². The zero-order chi connectivity index (χ0) is 51.3. The summed E-state index contributed by atoms with van der Waals surface area (Å²) in [7, 11) is 0. The summed E-state index contributed by atoms with van der Waals surface area (Å²) >= 11 is 11.4. The van der Waals surface area contributed by atoms with Crippen LogP contribution in [-0.2, 0) is 25.6 Å². The zero-order valence-corrected chi connectivity index (χ0v) is 38.3. The van der Waals surface area contributed by atoms with Gasteiger partial charge in [0, 0.05) is 46.7 Å². The third kappa shape index (κ3) is 23.6. The summed E-state index contributed by atoms with van der Waals surface area (Å²) in [4.78, 5) is 73.2. The molecule has 69 heavy (non-hydrogen) atoms. The van der Waals surface area contributed by atoms with Crippen molar-refractivity contribution in [3.8, 4) is 22.6 Å². The number of ether oxygens (including phenoxy) is 1. The Hall–Kier alpha value is -8.34.